The molecule has 2 rings (SSSR count). The Morgan fingerprint density at radius 1 is 1.32 bits per heavy atom. The molecule has 0 saturated heterocycles. The van der Waals surface area contributed by atoms with Crippen molar-refractivity contribution in [1.82, 2.24) is 9.78 Å². The molecule has 5 nitrogen and oxygen atoms in total. The van der Waals surface area contributed by atoms with Crippen LogP contribution in [0.25, 0.3) is 0 Å². The summed E-state index contributed by atoms with van der Waals surface area (Å²) in [6.45, 7) is 1.61. The first-order valence-corrected chi connectivity index (χ1v) is 6.20. The highest BCUT2D eigenvalue weighted by atomic mass is 35.5. The molecule has 0 spiro atoms. The minimum atomic E-state index is 0.274. The standard InChI is InChI=1S/C12H12Cl2N4O/c1-7(15)16-8-3-4-9(12(14)11(8)13)19-10-5-6-18(2)17-10/h3-6H,1-2H3,(H2,15,16). The van der Waals surface area contributed by atoms with Gasteiger partial charge < -0.3 is 10.1 Å². The maximum atomic E-state index is 7.38. The van der Waals surface area contributed by atoms with E-state index in [1.54, 1.807) is 43.0 Å². The molecule has 0 radical (unpaired) electrons. The highest BCUT2D eigenvalue weighted by Gasteiger charge is 2.12. The number of amidine groups is 1. The summed E-state index contributed by atoms with van der Waals surface area (Å²) in [5.41, 5.74) is 0.563. The van der Waals surface area contributed by atoms with Crippen LogP contribution in [0.15, 0.2) is 24.4 Å². The second-order valence-corrected chi connectivity index (χ2v) is 4.67. The molecule has 100 valence electrons. The first-order valence-electron chi connectivity index (χ1n) is 5.45. The zero-order valence-electron chi connectivity index (χ0n) is 10.4. The third kappa shape index (κ3) is 3.19. The molecule has 0 saturated carbocycles. The fourth-order valence-corrected chi connectivity index (χ4v) is 1.88. The third-order valence-electron chi connectivity index (χ3n) is 2.27. The molecule has 0 unspecified atom stereocenters. The first-order chi connectivity index (χ1) is 8.97. The van der Waals surface area contributed by atoms with Gasteiger partial charge in [-0.1, -0.05) is 23.2 Å². The molecule has 1 aromatic heterocycles. The van der Waals surface area contributed by atoms with Gasteiger partial charge in [0, 0.05) is 19.3 Å². The van der Waals surface area contributed by atoms with Crippen molar-refractivity contribution in [2.75, 3.05) is 5.32 Å². The molecule has 2 aromatic rings. The monoisotopic (exact) mass is 298 g/mol. The summed E-state index contributed by atoms with van der Waals surface area (Å²) in [5.74, 6) is 1.12. The SMILES string of the molecule is CC(=N)Nc1ccc(Oc2ccn(C)n2)c(Cl)c1Cl. The number of hydrogen-bond donors (Lipinski definition) is 2. The third-order valence-corrected chi connectivity index (χ3v) is 3.14. The molecule has 0 atom stereocenters. The van der Waals surface area contributed by atoms with Crippen LogP contribution in [0, 0.1) is 5.41 Å². The predicted octanol–water partition coefficient (Wildman–Crippen LogP) is 3.93. The molecule has 1 aromatic carbocycles. The number of aromatic nitrogens is 2. The van der Waals surface area contributed by atoms with Gasteiger partial charge in [-0.05, 0) is 19.1 Å². The van der Waals surface area contributed by atoms with E-state index in [4.69, 9.17) is 33.3 Å². The Kier molecular flexibility index (Phi) is 3.97. The van der Waals surface area contributed by atoms with Gasteiger partial charge in [-0.25, -0.2) is 0 Å². The van der Waals surface area contributed by atoms with E-state index in [-0.39, 0.29) is 10.9 Å². The van der Waals surface area contributed by atoms with Crippen molar-refractivity contribution in [3.8, 4) is 11.6 Å². The number of rotatable bonds is 3. The highest BCUT2D eigenvalue weighted by Crippen LogP contribution is 2.39. The number of nitrogens with zero attached hydrogens (tertiary/aromatic N) is 2. The molecule has 0 fully saturated rings. The van der Waals surface area contributed by atoms with Gasteiger partial charge in [0.15, 0.2) is 0 Å². The lowest BCUT2D eigenvalue weighted by Gasteiger charge is -2.11. The van der Waals surface area contributed by atoms with Crippen molar-refractivity contribution in [2.24, 2.45) is 7.05 Å². The molecule has 0 aliphatic rings. The van der Waals surface area contributed by atoms with E-state index in [1.165, 1.54) is 0 Å². The first kappa shape index (κ1) is 13.7. The Morgan fingerprint density at radius 2 is 2.05 bits per heavy atom. The van der Waals surface area contributed by atoms with Crippen LogP contribution in [0.2, 0.25) is 10.0 Å². The van der Waals surface area contributed by atoms with Crippen molar-refractivity contribution in [1.29, 1.82) is 5.41 Å². The van der Waals surface area contributed by atoms with Gasteiger partial charge in [-0.2, -0.15) is 0 Å². The van der Waals surface area contributed by atoms with E-state index >= 15 is 0 Å². The quantitative estimate of drug-likeness (QED) is 0.666. The smallest absolute Gasteiger partial charge is 0.238 e. The van der Waals surface area contributed by atoms with Crippen LogP contribution in [0.4, 0.5) is 5.69 Å². The average Bonchev–Trinajstić information content (AvgIpc) is 2.74. The summed E-state index contributed by atoms with van der Waals surface area (Å²) in [6.07, 6.45) is 1.76. The van der Waals surface area contributed by atoms with Gasteiger partial charge in [0.05, 0.1) is 16.5 Å². The number of ether oxygens (including phenoxy) is 1. The molecular formula is C12H12Cl2N4O. The molecular weight excluding hydrogens is 287 g/mol. The fraction of sp³-hybridized carbons (Fsp3) is 0.167. The number of halogens is 2. The summed E-state index contributed by atoms with van der Waals surface area (Å²) in [7, 11) is 1.79. The molecule has 1 heterocycles. The Morgan fingerprint density at radius 3 is 2.63 bits per heavy atom. The normalized spacial score (nSPS) is 10.3. The zero-order valence-corrected chi connectivity index (χ0v) is 11.9. The molecule has 0 bridgehead atoms. The van der Waals surface area contributed by atoms with Crippen LogP contribution in [0.3, 0.4) is 0 Å². The average molecular weight is 299 g/mol. The van der Waals surface area contributed by atoms with Crippen LogP contribution in [-0.4, -0.2) is 15.6 Å². The molecule has 0 aliphatic carbocycles. The van der Waals surface area contributed by atoms with Crippen LogP contribution in [0.1, 0.15) is 6.92 Å². The van der Waals surface area contributed by atoms with Crippen molar-refractivity contribution >= 4 is 34.7 Å². The minimum Gasteiger partial charge on any atom is -0.436 e. The predicted molar refractivity (Wildman–Crippen MR) is 76.8 cm³/mol. The second kappa shape index (κ2) is 5.50. The van der Waals surface area contributed by atoms with E-state index in [0.717, 1.165) is 0 Å². The van der Waals surface area contributed by atoms with Gasteiger partial charge in [-0.3, -0.25) is 10.1 Å². The van der Waals surface area contributed by atoms with Crippen molar-refractivity contribution < 1.29 is 4.74 Å². The van der Waals surface area contributed by atoms with Gasteiger partial charge in [0.1, 0.15) is 10.8 Å². The van der Waals surface area contributed by atoms with Crippen LogP contribution in [0.5, 0.6) is 11.6 Å². The van der Waals surface area contributed by atoms with Crippen molar-refractivity contribution in [2.45, 2.75) is 6.92 Å². The van der Waals surface area contributed by atoms with Crippen molar-refractivity contribution in [3.05, 3.63) is 34.4 Å². The van der Waals surface area contributed by atoms with Gasteiger partial charge in [0.2, 0.25) is 5.88 Å². The molecule has 0 amide bonds. The van der Waals surface area contributed by atoms with E-state index in [9.17, 15) is 0 Å². The van der Waals surface area contributed by atoms with Crippen molar-refractivity contribution in [3.63, 3.8) is 0 Å². The van der Waals surface area contributed by atoms with E-state index in [2.05, 4.69) is 10.4 Å². The maximum absolute atomic E-state index is 7.38. The molecule has 2 N–H and O–H groups in total. The zero-order chi connectivity index (χ0) is 14.0. The number of nitrogens with one attached hydrogen (secondary N) is 2. The Labute approximate surface area is 120 Å². The Hall–Kier alpha value is -1.72. The van der Waals surface area contributed by atoms with Gasteiger partial charge >= 0.3 is 0 Å². The number of anilines is 1. The topological polar surface area (TPSA) is 62.9 Å². The van der Waals surface area contributed by atoms with E-state index in [0.29, 0.717) is 22.3 Å². The van der Waals surface area contributed by atoms with E-state index < -0.39 is 0 Å². The summed E-state index contributed by atoms with van der Waals surface area (Å²) < 4.78 is 7.17. The molecule has 7 heteroatoms. The fourth-order valence-electron chi connectivity index (χ4n) is 1.47. The van der Waals surface area contributed by atoms with E-state index in [1.807, 2.05) is 0 Å². The largest absolute Gasteiger partial charge is 0.436 e. The van der Waals surface area contributed by atoms with Crippen LogP contribution in [-0.2, 0) is 7.05 Å². The molecule has 0 aliphatic heterocycles. The molecule has 19 heavy (non-hydrogen) atoms. The van der Waals surface area contributed by atoms with Gasteiger partial charge in [0.25, 0.3) is 0 Å². The summed E-state index contributed by atoms with van der Waals surface area (Å²) in [6, 6.07) is 5.09. The lowest BCUT2D eigenvalue weighted by molar-refractivity contribution is 0.454. The Bertz CT molecular complexity index is 624. The lowest BCUT2D eigenvalue weighted by atomic mass is 10.3. The Balaban J connectivity index is 2.28. The summed E-state index contributed by atoms with van der Waals surface area (Å²) >= 11 is 12.3. The minimum absolute atomic E-state index is 0.274. The van der Waals surface area contributed by atoms with Crippen LogP contribution < -0.4 is 10.1 Å². The summed E-state index contributed by atoms with van der Waals surface area (Å²) in [5, 5.41) is 14.9. The summed E-state index contributed by atoms with van der Waals surface area (Å²) in [4.78, 5) is 0. The maximum Gasteiger partial charge on any atom is 0.238 e. The highest BCUT2D eigenvalue weighted by molar-refractivity contribution is 6.44. The second-order valence-electron chi connectivity index (χ2n) is 3.92. The lowest BCUT2D eigenvalue weighted by Crippen LogP contribution is -2.05. The number of aryl methyl sites for hydroxylation is 1. The number of benzene rings is 1. The number of hydrogen-bond acceptors (Lipinski definition) is 3. The van der Waals surface area contributed by atoms with Gasteiger partial charge in [-0.15, -0.1) is 5.10 Å². The van der Waals surface area contributed by atoms with Crippen LogP contribution >= 0.6 is 23.2 Å².